The highest BCUT2D eigenvalue weighted by Gasteiger charge is 2.00. The molecule has 0 atom stereocenters. The van der Waals surface area contributed by atoms with Gasteiger partial charge in [0.15, 0.2) is 5.96 Å². The minimum Gasteiger partial charge on any atom is -0.356 e. The van der Waals surface area contributed by atoms with Crippen molar-refractivity contribution >= 4 is 12.0 Å². The van der Waals surface area contributed by atoms with Crippen molar-refractivity contribution in [3.63, 3.8) is 0 Å². The Bertz CT molecular complexity index is 368. The van der Waals surface area contributed by atoms with Crippen LogP contribution in [-0.2, 0) is 0 Å². The second kappa shape index (κ2) is 5.95. The Balaban J connectivity index is 1.75. The topological polar surface area (TPSA) is 36.4 Å². The largest absolute Gasteiger partial charge is 0.356 e. The van der Waals surface area contributed by atoms with Crippen LogP contribution in [0, 0.1) is 0 Å². The third kappa shape index (κ3) is 3.42. The molecule has 0 fully saturated rings. The Hall–Kier alpha value is -1.77. The van der Waals surface area contributed by atoms with Crippen LogP contribution in [0.15, 0.2) is 41.4 Å². The molecule has 0 saturated carbocycles. The predicted molar refractivity (Wildman–Crippen MR) is 68.4 cm³/mol. The monoisotopic (exact) mass is 215 g/mol. The van der Waals surface area contributed by atoms with Gasteiger partial charge >= 0.3 is 0 Å². The van der Waals surface area contributed by atoms with Gasteiger partial charge in [0.05, 0.1) is 0 Å². The number of benzene rings is 1. The fourth-order valence-electron chi connectivity index (χ4n) is 1.57. The van der Waals surface area contributed by atoms with Crippen LogP contribution in [-0.4, -0.2) is 25.6 Å². The standard InChI is InChI=1S/C13H17N3/c1-2-6-12(7-3-1)8-4-9-14-13-15-10-5-11-16-13/h1-4,6-8H,5,9-11H2,(H2,14,15,16)/b8-4+. The van der Waals surface area contributed by atoms with Crippen molar-refractivity contribution in [1.82, 2.24) is 10.6 Å². The van der Waals surface area contributed by atoms with Crippen molar-refractivity contribution in [2.24, 2.45) is 4.99 Å². The molecule has 1 aliphatic heterocycles. The zero-order chi connectivity index (χ0) is 11.1. The Morgan fingerprint density at radius 3 is 2.94 bits per heavy atom. The Morgan fingerprint density at radius 2 is 2.19 bits per heavy atom. The highest BCUT2D eigenvalue weighted by atomic mass is 15.2. The van der Waals surface area contributed by atoms with Gasteiger partial charge in [-0.2, -0.15) is 0 Å². The molecule has 3 heteroatoms. The maximum atomic E-state index is 4.33. The van der Waals surface area contributed by atoms with E-state index in [0.717, 1.165) is 32.0 Å². The minimum absolute atomic E-state index is 0.806. The SMILES string of the molecule is C(=C\c1ccccc1)/CNC1=NCCCN1. The maximum Gasteiger partial charge on any atom is 0.191 e. The zero-order valence-electron chi connectivity index (χ0n) is 9.32. The molecule has 1 aromatic carbocycles. The summed E-state index contributed by atoms with van der Waals surface area (Å²) in [6.07, 6.45) is 5.34. The lowest BCUT2D eigenvalue weighted by molar-refractivity contribution is 0.714. The summed E-state index contributed by atoms with van der Waals surface area (Å²) in [5, 5.41) is 6.47. The summed E-state index contributed by atoms with van der Waals surface area (Å²) in [6, 6.07) is 10.3. The quantitative estimate of drug-likeness (QED) is 0.804. The van der Waals surface area contributed by atoms with Crippen molar-refractivity contribution in [1.29, 1.82) is 0 Å². The van der Waals surface area contributed by atoms with E-state index >= 15 is 0 Å². The molecule has 3 nitrogen and oxygen atoms in total. The Kier molecular flexibility index (Phi) is 4.00. The number of hydrogen-bond donors (Lipinski definition) is 2. The Morgan fingerprint density at radius 1 is 1.31 bits per heavy atom. The summed E-state index contributed by atoms with van der Waals surface area (Å²) in [6.45, 7) is 2.76. The van der Waals surface area contributed by atoms with Crippen LogP contribution >= 0.6 is 0 Å². The van der Waals surface area contributed by atoms with E-state index < -0.39 is 0 Å². The number of nitrogens with zero attached hydrogens (tertiary/aromatic N) is 1. The van der Waals surface area contributed by atoms with Crippen LogP contribution in [0.5, 0.6) is 0 Å². The molecule has 0 aromatic heterocycles. The van der Waals surface area contributed by atoms with Crippen molar-refractivity contribution < 1.29 is 0 Å². The first-order valence-electron chi connectivity index (χ1n) is 5.69. The van der Waals surface area contributed by atoms with Gasteiger partial charge in [-0.1, -0.05) is 42.5 Å². The molecule has 1 aromatic rings. The van der Waals surface area contributed by atoms with E-state index in [1.807, 2.05) is 18.2 Å². The molecule has 84 valence electrons. The summed E-state index contributed by atoms with van der Waals surface area (Å²) in [5.41, 5.74) is 1.22. The van der Waals surface area contributed by atoms with Gasteiger partial charge in [0, 0.05) is 19.6 Å². The summed E-state index contributed by atoms with van der Waals surface area (Å²) in [5.74, 6) is 0.920. The second-order valence-corrected chi connectivity index (χ2v) is 3.70. The van der Waals surface area contributed by atoms with Gasteiger partial charge < -0.3 is 10.6 Å². The molecule has 2 N–H and O–H groups in total. The highest BCUT2D eigenvalue weighted by molar-refractivity contribution is 5.80. The van der Waals surface area contributed by atoms with Crippen molar-refractivity contribution in [3.05, 3.63) is 42.0 Å². The summed E-state index contributed by atoms with van der Waals surface area (Å²) in [4.78, 5) is 4.33. The predicted octanol–water partition coefficient (Wildman–Crippen LogP) is 1.64. The molecule has 1 heterocycles. The molecule has 0 radical (unpaired) electrons. The lowest BCUT2D eigenvalue weighted by Crippen LogP contribution is -2.40. The van der Waals surface area contributed by atoms with Gasteiger partial charge in [0.25, 0.3) is 0 Å². The van der Waals surface area contributed by atoms with Crippen LogP contribution < -0.4 is 10.6 Å². The van der Waals surface area contributed by atoms with Crippen molar-refractivity contribution in [3.8, 4) is 0 Å². The van der Waals surface area contributed by atoms with E-state index in [-0.39, 0.29) is 0 Å². The number of guanidine groups is 1. The molecule has 0 spiro atoms. The van der Waals surface area contributed by atoms with Crippen molar-refractivity contribution in [2.45, 2.75) is 6.42 Å². The van der Waals surface area contributed by atoms with Crippen LogP contribution in [0.3, 0.4) is 0 Å². The van der Waals surface area contributed by atoms with E-state index in [1.54, 1.807) is 0 Å². The van der Waals surface area contributed by atoms with Crippen LogP contribution in [0.1, 0.15) is 12.0 Å². The maximum absolute atomic E-state index is 4.33. The summed E-state index contributed by atoms with van der Waals surface area (Å²) < 4.78 is 0. The van der Waals surface area contributed by atoms with E-state index in [4.69, 9.17) is 0 Å². The smallest absolute Gasteiger partial charge is 0.191 e. The van der Waals surface area contributed by atoms with Gasteiger partial charge in [0.1, 0.15) is 0 Å². The zero-order valence-corrected chi connectivity index (χ0v) is 9.32. The van der Waals surface area contributed by atoms with Crippen LogP contribution in [0.2, 0.25) is 0 Å². The third-order valence-corrected chi connectivity index (χ3v) is 2.39. The molecule has 0 unspecified atom stereocenters. The fourth-order valence-corrected chi connectivity index (χ4v) is 1.57. The lowest BCUT2D eigenvalue weighted by atomic mass is 10.2. The minimum atomic E-state index is 0.806. The van der Waals surface area contributed by atoms with Gasteiger partial charge in [0.2, 0.25) is 0 Å². The average molecular weight is 215 g/mol. The van der Waals surface area contributed by atoms with Gasteiger partial charge in [-0.05, 0) is 12.0 Å². The molecular weight excluding hydrogens is 198 g/mol. The summed E-state index contributed by atoms with van der Waals surface area (Å²) >= 11 is 0. The normalized spacial score (nSPS) is 15.6. The molecule has 0 saturated heterocycles. The molecule has 1 aliphatic rings. The first-order valence-corrected chi connectivity index (χ1v) is 5.69. The molecule has 0 bridgehead atoms. The van der Waals surface area contributed by atoms with E-state index in [9.17, 15) is 0 Å². The Labute approximate surface area is 96.3 Å². The number of aliphatic imine (C=N–C) groups is 1. The first kappa shape index (κ1) is 10.7. The fraction of sp³-hybridized carbons (Fsp3) is 0.308. The van der Waals surface area contributed by atoms with Gasteiger partial charge in [-0.15, -0.1) is 0 Å². The molecular formula is C13H17N3. The van der Waals surface area contributed by atoms with Crippen LogP contribution in [0.25, 0.3) is 6.08 Å². The van der Waals surface area contributed by atoms with E-state index in [1.165, 1.54) is 5.56 Å². The average Bonchev–Trinajstić information content (AvgIpc) is 2.37. The molecule has 16 heavy (non-hydrogen) atoms. The van der Waals surface area contributed by atoms with Crippen LogP contribution in [0.4, 0.5) is 0 Å². The lowest BCUT2D eigenvalue weighted by Gasteiger charge is -2.14. The van der Waals surface area contributed by atoms with Gasteiger partial charge in [-0.3, -0.25) is 4.99 Å². The van der Waals surface area contributed by atoms with Crippen molar-refractivity contribution in [2.75, 3.05) is 19.6 Å². The van der Waals surface area contributed by atoms with Gasteiger partial charge in [-0.25, -0.2) is 0 Å². The molecule has 0 amide bonds. The number of hydrogen-bond acceptors (Lipinski definition) is 3. The van der Waals surface area contributed by atoms with E-state index in [0.29, 0.717) is 0 Å². The summed E-state index contributed by atoms with van der Waals surface area (Å²) in [7, 11) is 0. The molecule has 0 aliphatic carbocycles. The number of rotatable bonds is 3. The second-order valence-electron chi connectivity index (χ2n) is 3.70. The van der Waals surface area contributed by atoms with E-state index in [2.05, 4.69) is 39.9 Å². The highest BCUT2D eigenvalue weighted by Crippen LogP contribution is 1.99. The third-order valence-electron chi connectivity index (χ3n) is 2.39. The number of nitrogens with one attached hydrogen (secondary N) is 2. The molecule has 2 rings (SSSR count). The first-order chi connectivity index (χ1) is 7.95.